The third kappa shape index (κ3) is 5.04. The summed E-state index contributed by atoms with van der Waals surface area (Å²) in [5, 5.41) is 11.7. The number of methoxy groups -OCH3 is 1. The Morgan fingerprint density at radius 3 is 2.48 bits per heavy atom. The zero-order chi connectivity index (χ0) is 18.4. The highest BCUT2D eigenvalue weighted by atomic mass is 19.1. The second kappa shape index (κ2) is 8.28. The number of ether oxygens (including phenoxy) is 1. The number of aryl methyl sites for hydroxylation is 1. The highest BCUT2D eigenvalue weighted by Crippen LogP contribution is 2.25. The van der Waals surface area contributed by atoms with Crippen LogP contribution < -0.4 is 10.1 Å². The van der Waals surface area contributed by atoms with Crippen molar-refractivity contribution in [3.05, 3.63) is 65.0 Å². The van der Waals surface area contributed by atoms with Gasteiger partial charge in [0.25, 0.3) is 0 Å². The maximum atomic E-state index is 13.4. The summed E-state index contributed by atoms with van der Waals surface area (Å²) in [5.41, 5.74) is 1.65. The Morgan fingerprint density at radius 1 is 1.20 bits per heavy atom. The van der Waals surface area contributed by atoms with Crippen molar-refractivity contribution in [2.45, 2.75) is 25.8 Å². The van der Waals surface area contributed by atoms with E-state index in [0.717, 1.165) is 5.56 Å². The van der Waals surface area contributed by atoms with Crippen molar-refractivity contribution in [2.75, 3.05) is 7.11 Å². The molecule has 0 aliphatic carbocycles. The van der Waals surface area contributed by atoms with Crippen molar-refractivity contribution in [3.8, 4) is 5.75 Å². The SMILES string of the molecule is COc1ccc(F)cc1C(C)NC(=O)CCc1ccc(C(=O)O)cc1. The number of carbonyl (C=O) groups is 2. The van der Waals surface area contributed by atoms with Crippen molar-refractivity contribution in [1.29, 1.82) is 0 Å². The summed E-state index contributed by atoms with van der Waals surface area (Å²) in [6.07, 6.45) is 0.729. The van der Waals surface area contributed by atoms with Crippen molar-refractivity contribution in [1.82, 2.24) is 5.32 Å². The number of hydrogen-bond donors (Lipinski definition) is 2. The lowest BCUT2D eigenvalue weighted by Gasteiger charge is -2.17. The van der Waals surface area contributed by atoms with Gasteiger partial charge in [0, 0.05) is 12.0 Å². The predicted molar refractivity (Wildman–Crippen MR) is 91.2 cm³/mol. The molecule has 1 unspecified atom stereocenters. The van der Waals surface area contributed by atoms with Crippen LogP contribution in [0.15, 0.2) is 42.5 Å². The molecular weight excluding hydrogens is 325 g/mol. The van der Waals surface area contributed by atoms with Gasteiger partial charge in [-0.25, -0.2) is 9.18 Å². The summed E-state index contributed by atoms with van der Waals surface area (Å²) in [6.45, 7) is 1.76. The van der Waals surface area contributed by atoms with Crippen molar-refractivity contribution in [2.24, 2.45) is 0 Å². The lowest BCUT2D eigenvalue weighted by atomic mass is 10.1. The van der Waals surface area contributed by atoms with E-state index in [-0.39, 0.29) is 17.9 Å². The van der Waals surface area contributed by atoms with E-state index in [0.29, 0.717) is 17.7 Å². The first-order valence-corrected chi connectivity index (χ1v) is 7.85. The molecule has 132 valence electrons. The molecule has 0 heterocycles. The molecule has 0 fully saturated rings. The maximum absolute atomic E-state index is 13.4. The van der Waals surface area contributed by atoms with E-state index in [2.05, 4.69) is 5.32 Å². The molecule has 0 radical (unpaired) electrons. The Labute approximate surface area is 145 Å². The molecule has 2 aromatic rings. The summed E-state index contributed by atoms with van der Waals surface area (Å²) in [7, 11) is 1.49. The van der Waals surface area contributed by atoms with Crippen LogP contribution in [0.2, 0.25) is 0 Å². The maximum Gasteiger partial charge on any atom is 0.335 e. The van der Waals surface area contributed by atoms with Gasteiger partial charge in [-0.1, -0.05) is 12.1 Å². The van der Waals surface area contributed by atoms with Gasteiger partial charge in [-0.3, -0.25) is 4.79 Å². The number of amides is 1. The summed E-state index contributed by atoms with van der Waals surface area (Å²) < 4.78 is 18.6. The molecule has 0 saturated heterocycles. The van der Waals surface area contributed by atoms with Gasteiger partial charge in [-0.2, -0.15) is 0 Å². The van der Waals surface area contributed by atoms with Gasteiger partial charge >= 0.3 is 5.97 Å². The zero-order valence-corrected chi connectivity index (χ0v) is 14.1. The molecule has 0 aliphatic heterocycles. The molecule has 0 spiro atoms. The van der Waals surface area contributed by atoms with Crippen LogP contribution in [-0.2, 0) is 11.2 Å². The molecule has 5 nitrogen and oxygen atoms in total. The van der Waals surface area contributed by atoms with Crippen LogP contribution in [0.3, 0.4) is 0 Å². The number of benzene rings is 2. The first kappa shape index (κ1) is 18.4. The van der Waals surface area contributed by atoms with Crippen LogP contribution in [0.25, 0.3) is 0 Å². The molecule has 0 aromatic heterocycles. The average molecular weight is 345 g/mol. The van der Waals surface area contributed by atoms with Gasteiger partial charge in [0.05, 0.1) is 18.7 Å². The highest BCUT2D eigenvalue weighted by Gasteiger charge is 2.15. The van der Waals surface area contributed by atoms with E-state index >= 15 is 0 Å². The van der Waals surface area contributed by atoms with Crippen LogP contribution in [-0.4, -0.2) is 24.1 Å². The molecule has 0 saturated carbocycles. The third-order valence-electron chi connectivity index (χ3n) is 3.88. The fraction of sp³-hybridized carbons (Fsp3) is 0.263. The van der Waals surface area contributed by atoms with Crippen LogP contribution in [0.1, 0.15) is 40.9 Å². The Morgan fingerprint density at radius 2 is 1.88 bits per heavy atom. The van der Waals surface area contributed by atoms with E-state index in [4.69, 9.17) is 9.84 Å². The highest BCUT2D eigenvalue weighted by molar-refractivity contribution is 5.87. The Balaban J connectivity index is 1.93. The average Bonchev–Trinajstić information content (AvgIpc) is 2.60. The smallest absolute Gasteiger partial charge is 0.335 e. The fourth-order valence-electron chi connectivity index (χ4n) is 2.51. The Hall–Kier alpha value is -2.89. The number of halogens is 1. The van der Waals surface area contributed by atoms with Crippen molar-refractivity contribution in [3.63, 3.8) is 0 Å². The molecule has 0 bridgehead atoms. The molecule has 1 atom stereocenters. The van der Waals surface area contributed by atoms with Gasteiger partial charge in [-0.15, -0.1) is 0 Å². The van der Waals surface area contributed by atoms with Crippen LogP contribution in [0, 0.1) is 5.82 Å². The summed E-state index contributed by atoms with van der Waals surface area (Å²) in [5.74, 6) is -1.04. The van der Waals surface area contributed by atoms with Crippen LogP contribution in [0.4, 0.5) is 4.39 Å². The minimum atomic E-state index is -0.984. The predicted octanol–water partition coefficient (Wildman–Crippen LogP) is 3.34. The van der Waals surface area contributed by atoms with E-state index in [1.54, 1.807) is 19.1 Å². The molecule has 2 N–H and O–H groups in total. The molecule has 25 heavy (non-hydrogen) atoms. The Kier molecular flexibility index (Phi) is 6.11. The molecule has 2 aromatic carbocycles. The minimum absolute atomic E-state index is 0.180. The number of carboxylic acid groups (broad SMARTS) is 1. The number of aromatic carboxylic acids is 1. The zero-order valence-electron chi connectivity index (χ0n) is 14.1. The fourth-order valence-corrected chi connectivity index (χ4v) is 2.51. The summed E-state index contributed by atoms with van der Waals surface area (Å²) in [6, 6.07) is 10.2. The second-order valence-electron chi connectivity index (χ2n) is 5.68. The number of rotatable bonds is 7. The Bertz CT molecular complexity index is 759. The lowest BCUT2D eigenvalue weighted by Crippen LogP contribution is -2.27. The van der Waals surface area contributed by atoms with E-state index in [9.17, 15) is 14.0 Å². The van der Waals surface area contributed by atoms with Gasteiger partial charge in [-0.05, 0) is 49.2 Å². The summed E-state index contributed by atoms with van der Waals surface area (Å²) >= 11 is 0. The van der Waals surface area contributed by atoms with E-state index in [1.807, 2.05) is 0 Å². The molecular formula is C19H20FNO4. The number of hydrogen-bond acceptors (Lipinski definition) is 3. The quantitative estimate of drug-likeness (QED) is 0.807. The van der Waals surface area contributed by atoms with Crippen LogP contribution in [0.5, 0.6) is 5.75 Å². The van der Waals surface area contributed by atoms with Gasteiger partial charge in [0.2, 0.25) is 5.91 Å². The minimum Gasteiger partial charge on any atom is -0.496 e. The van der Waals surface area contributed by atoms with E-state index in [1.165, 1.54) is 37.4 Å². The standard InChI is InChI=1S/C19H20FNO4/c1-12(16-11-15(20)8-9-17(16)25-2)21-18(22)10-5-13-3-6-14(7-4-13)19(23)24/h3-4,6-9,11-12H,5,10H2,1-2H3,(H,21,22)(H,23,24). The molecule has 2 rings (SSSR count). The monoisotopic (exact) mass is 345 g/mol. The van der Waals surface area contributed by atoms with Crippen molar-refractivity contribution < 1.29 is 23.8 Å². The molecule has 6 heteroatoms. The van der Waals surface area contributed by atoms with Gasteiger partial charge in [0.1, 0.15) is 11.6 Å². The number of carbonyl (C=O) groups excluding carboxylic acids is 1. The number of carboxylic acids is 1. The number of nitrogens with one attached hydrogen (secondary N) is 1. The normalized spacial score (nSPS) is 11.6. The van der Waals surface area contributed by atoms with Gasteiger partial charge < -0.3 is 15.2 Å². The first-order valence-electron chi connectivity index (χ1n) is 7.85. The second-order valence-corrected chi connectivity index (χ2v) is 5.68. The van der Waals surface area contributed by atoms with Crippen LogP contribution >= 0.6 is 0 Å². The van der Waals surface area contributed by atoms with E-state index < -0.39 is 17.8 Å². The first-order chi connectivity index (χ1) is 11.9. The van der Waals surface area contributed by atoms with Gasteiger partial charge in [0.15, 0.2) is 0 Å². The lowest BCUT2D eigenvalue weighted by molar-refractivity contribution is -0.121. The molecule has 0 aliphatic rings. The summed E-state index contributed by atoms with van der Waals surface area (Å²) in [4.78, 5) is 22.9. The third-order valence-corrected chi connectivity index (χ3v) is 3.88. The van der Waals surface area contributed by atoms with Crippen molar-refractivity contribution >= 4 is 11.9 Å². The largest absolute Gasteiger partial charge is 0.496 e. The topological polar surface area (TPSA) is 75.6 Å². The molecule has 1 amide bonds.